The second kappa shape index (κ2) is 12.5. The number of benzene rings is 4. The van der Waals surface area contributed by atoms with Crippen molar-refractivity contribution in [3.8, 4) is 0 Å². The van der Waals surface area contributed by atoms with Crippen molar-refractivity contribution in [3.63, 3.8) is 0 Å². The van der Waals surface area contributed by atoms with Gasteiger partial charge in [0.15, 0.2) is 0 Å². The number of rotatable bonds is 4. The fourth-order valence-electron chi connectivity index (χ4n) is 10.5. The van der Waals surface area contributed by atoms with Crippen LogP contribution in [0.5, 0.6) is 0 Å². The standard InChI is InChI=1S/2C19H19.C3H6.2ClH.Zr/c2*1-2-6-14(7-3-1)17-12-16-11-10-15-8-4-5-9-18(15)19(16)13-17;1-3-2;;;/h2*4-5,8-14H,1-3,6-7H2;1-3H2;2*1H;/q;;;;;+2/p-2. The summed E-state index contributed by atoms with van der Waals surface area (Å²) >= 11 is -2.85. The van der Waals surface area contributed by atoms with Crippen molar-refractivity contribution in [2.75, 3.05) is 0 Å². The van der Waals surface area contributed by atoms with Gasteiger partial charge in [0.05, 0.1) is 0 Å². The Hall–Kier alpha value is -1.66. The number of halogens is 2. The monoisotopic (exact) mass is 696 g/mol. The van der Waals surface area contributed by atoms with Gasteiger partial charge in [0.25, 0.3) is 0 Å². The van der Waals surface area contributed by atoms with Gasteiger partial charge in [-0.25, -0.2) is 0 Å². The third-order valence-electron chi connectivity index (χ3n) is 12.5. The van der Waals surface area contributed by atoms with Crippen molar-refractivity contribution in [3.05, 3.63) is 106 Å². The number of hydrogen-bond donors (Lipinski definition) is 0. The molecule has 0 spiro atoms. The molecule has 44 heavy (non-hydrogen) atoms. The van der Waals surface area contributed by atoms with Gasteiger partial charge in [-0.3, -0.25) is 0 Å². The van der Waals surface area contributed by atoms with E-state index in [0.717, 1.165) is 19.1 Å². The topological polar surface area (TPSA) is 0 Å². The molecule has 0 amide bonds. The van der Waals surface area contributed by atoms with E-state index in [0.29, 0.717) is 0 Å². The Morgan fingerprint density at radius 3 is 1.30 bits per heavy atom. The molecule has 1 saturated heterocycles. The van der Waals surface area contributed by atoms with E-state index in [1.165, 1.54) is 92.2 Å². The SMILES string of the molecule is C1=C(C2CCCCC2)[CH]([Zr+2]2([CH]3C(C4CCCCC4)=Cc4c3ccc3ccccc43)[CH2]C[CH2]2)c2ccc3ccccc3c21.[Cl-].[Cl-]. The minimum atomic E-state index is -2.85. The zero-order valence-electron chi connectivity index (χ0n) is 25.8. The Kier molecular flexibility index (Phi) is 8.80. The van der Waals surface area contributed by atoms with E-state index in [1.807, 2.05) is 11.1 Å². The van der Waals surface area contributed by atoms with Gasteiger partial charge in [0, 0.05) is 0 Å². The molecule has 0 nitrogen and oxygen atoms in total. The van der Waals surface area contributed by atoms with Crippen LogP contribution in [0.1, 0.15) is 100 Å². The average molecular weight is 699 g/mol. The summed E-state index contributed by atoms with van der Waals surface area (Å²) in [6.45, 7) is 0. The van der Waals surface area contributed by atoms with Crippen molar-refractivity contribution in [2.24, 2.45) is 11.8 Å². The molecule has 3 heteroatoms. The van der Waals surface area contributed by atoms with Crippen LogP contribution in [-0.2, 0) is 20.3 Å². The van der Waals surface area contributed by atoms with Crippen molar-refractivity contribution < 1.29 is 45.1 Å². The first-order chi connectivity index (χ1) is 20.8. The molecule has 0 aromatic heterocycles. The molecule has 1 aliphatic heterocycles. The van der Waals surface area contributed by atoms with Crippen molar-refractivity contribution in [2.45, 2.75) is 86.1 Å². The van der Waals surface area contributed by atoms with Crippen LogP contribution < -0.4 is 24.8 Å². The average Bonchev–Trinajstić information content (AvgIpc) is 3.62. The maximum atomic E-state index is 2.79. The van der Waals surface area contributed by atoms with Gasteiger partial charge in [0.1, 0.15) is 0 Å². The quantitative estimate of drug-likeness (QED) is 0.241. The molecule has 0 radical (unpaired) electrons. The van der Waals surface area contributed by atoms with Crippen LogP contribution in [0.2, 0.25) is 8.26 Å². The first-order valence-corrected chi connectivity index (χ1v) is 23.6. The number of allylic oxidation sites excluding steroid dienone is 2. The smallest absolute Gasteiger partial charge is 1.00 e. The van der Waals surface area contributed by atoms with Crippen LogP contribution in [0.25, 0.3) is 33.7 Å². The van der Waals surface area contributed by atoms with Gasteiger partial charge in [-0.15, -0.1) is 0 Å². The molecule has 4 aromatic rings. The summed E-state index contributed by atoms with van der Waals surface area (Å²) in [6.07, 6.45) is 21.4. The molecular weight excluding hydrogens is 655 g/mol. The summed E-state index contributed by atoms with van der Waals surface area (Å²) in [5.41, 5.74) is 10.6. The molecule has 4 aliphatic carbocycles. The van der Waals surface area contributed by atoms with Gasteiger partial charge in [0.2, 0.25) is 0 Å². The van der Waals surface area contributed by atoms with E-state index in [1.54, 1.807) is 30.5 Å². The molecular formula is C41H44Cl2Zr. The van der Waals surface area contributed by atoms with Crippen LogP contribution in [0.3, 0.4) is 0 Å². The van der Waals surface area contributed by atoms with Gasteiger partial charge in [-0.2, -0.15) is 0 Å². The molecule has 0 bridgehead atoms. The summed E-state index contributed by atoms with van der Waals surface area (Å²) in [5, 5.41) is 5.86. The van der Waals surface area contributed by atoms with E-state index < -0.39 is 20.3 Å². The van der Waals surface area contributed by atoms with E-state index >= 15 is 0 Å². The third-order valence-corrected chi connectivity index (χ3v) is 27.6. The Morgan fingerprint density at radius 2 is 0.886 bits per heavy atom. The molecule has 9 rings (SSSR count). The summed E-state index contributed by atoms with van der Waals surface area (Å²) in [4.78, 5) is 0. The molecule has 2 unspecified atom stereocenters. The summed E-state index contributed by atoms with van der Waals surface area (Å²) in [6, 6.07) is 28.7. The normalized spacial score (nSPS) is 23.7. The van der Waals surface area contributed by atoms with Crippen molar-refractivity contribution in [1.29, 1.82) is 0 Å². The maximum absolute atomic E-state index is 2.85. The number of hydrogen-bond acceptors (Lipinski definition) is 0. The summed E-state index contributed by atoms with van der Waals surface area (Å²) in [7, 11) is 0. The molecule has 4 aromatic carbocycles. The molecule has 2 atom stereocenters. The molecule has 3 fully saturated rings. The Bertz CT molecular complexity index is 1620. The molecule has 5 aliphatic rings. The first-order valence-electron chi connectivity index (χ1n) is 17.3. The first kappa shape index (κ1) is 31.0. The third kappa shape index (κ3) is 4.78. The van der Waals surface area contributed by atoms with Gasteiger partial charge < -0.3 is 24.8 Å². The van der Waals surface area contributed by atoms with Gasteiger partial charge >= 0.3 is 258 Å². The maximum Gasteiger partial charge on any atom is -1.00 e. The fraction of sp³-hybridized carbons (Fsp3) is 0.415. The largest absolute Gasteiger partial charge is 1.00 e. The minimum absolute atomic E-state index is 0. The van der Waals surface area contributed by atoms with E-state index in [-0.39, 0.29) is 24.8 Å². The van der Waals surface area contributed by atoms with E-state index in [2.05, 4.69) is 84.9 Å². The fourth-order valence-corrected chi connectivity index (χ4v) is 26.1. The summed E-state index contributed by atoms with van der Waals surface area (Å²) < 4.78 is 4.70. The summed E-state index contributed by atoms with van der Waals surface area (Å²) in [5.74, 6) is 1.62. The van der Waals surface area contributed by atoms with Crippen LogP contribution in [0, 0.1) is 11.8 Å². The van der Waals surface area contributed by atoms with Crippen LogP contribution >= 0.6 is 0 Å². The second-order valence-corrected chi connectivity index (χ2v) is 25.8. The van der Waals surface area contributed by atoms with Gasteiger partial charge in [-0.05, 0) is 0 Å². The van der Waals surface area contributed by atoms with Gasteiger partial charge in [-0.1, -0.05) is 0 Å². The van der Waals surface area contributed by atoms with Crippen molar-refractivity contribution >= 4 is 33.7 Å². The molecule has 2 saturated carbocycles. The number of fused-ring (bicyclic) bond motifs is 6. The Balaban J connectivity index is 0.00000156. The van der Waals surface area contributed by atoms with E-state index in [4.69, 9.17) is 0 Å². The zero-order chi connectivity index (χ0) is 27.7. The van der Waals surface area contributed by atoms with E-state index in [9.17, 15) is 0 Å². The van der Waals surface area contributed by atoms with Crippen LogP contribution in [0.15, 0.2) is 83.9 Å². The Morgan fingerprint density at radius 1 is 0.455 bits per heavy atom. The molecule has 0 N–H and O–H groups in total. The molecule has 226 valence electrons. The predicted octanol–water partition coefficient (Wildman–Crippen LogP) is 6.13. The minimum Gasteiger partial charge on any atom is -1.00 e. The molecule has 1 heterocycles. The Labute approximate surface area is 281 Å². The second-order valence-electron chi connectivity index (χ2n) is 14.5. The predicted molar refractivity (Wildman–Crippen MR) is 177 cm³/mol. The van der Waals surface area contributed by atoms with Crippen LogP contribution in [0.4, 0.5) is 0 Å². The van der Waals surface area contributed by atoms with Crippen molar-refractivity contribution in [1.82, 2.24) is 0 Å². The zero-order valence-corrected chi connectivity index (χ0v) is 29.8. The van der Waals surface area contributed by atoms with Crippen LogP contribution in [-0.4, -0.2) is 0 Å².